The Morgan fingerprint density at radius 2 is 1.72 bits per heavy atom. The average Bonchev–Trinajstić information content (AvgIpc) is 2.43. The molecule has 0 saturated heterocycles. The van der Waals surface area contributed by atoms with E-state index in [1.165, 1.54) is 0 Å². The third-order valence-corrected chi connectivity index (χ3v) is 3.82. The first-order valence-corrected chi connectivity index (χ1v) is 6.46. The van der Waals surface area contributed by atoms with Crippen LogP contribution in [0.1, 0.15) is 0 Å². The molecular weight excluding hydrogens is 242 g/mol. The van der Waals surface area contributed by atoms with Crippen LogP contribution in [0.15, 0.2) is 70.6 Å². The molecule has 0 fully saturated rings. The molecule has 18 heavy (non-hydrogen) atoms. The number of rotatable bonds is 2. The predicted octanol–water partition coefficient (Wildman–Crippen LogP) is 4.09. The van der Waals surface area contributed by atoms with Crippen molar-refractivity contribution in [3.63, 3.8) is 0 Å². The summed E-state index contributed by atoms with van der Waals surface area (Å²) in [4.78, 5) is 6.25. The lowest BCUT2D eigenvalue weighted by Gasteiger charge is -2.07. The van der Waals surface area contributed by atoms with Gasteiger partial charge in [-0.1, -0.05) is 36.0 Å². The minimum absolute atomic E-state index is 0.296. The number of pyridine rings is 1. The van der Waals surface area contributed by atoms with Gasteiger partial charge in [-0.25, -0.2) is 0 Å². The maximum atomic E-state index is 10.0. The van der Waals surface area contributed by atoms with E-state index in [4.69, 9.17) is 0 Å². The second-order valence-electron chi connectivity index (χ2n) is 3.90. The summed E-state index contributed by atoms with van der Waals surface area (Å²) in [6, 6.07) is 17.4. The van der Waals surface area contributed by atoms with Gasteiger partial charge in [-0.05, 0) is 30.3 Å². The van der Waals surface area contributed by atoms with Gasteiger partial charge in [0.1, 0.15) is 5.75 Å². The molecule has 3 rings (SSSR count). The van der Waals surface area contributed by atoms with Gasteiger partial charge >= 0.3 is 0 Å². The zero-order chi connectivity index (χ0) is 12.4. The summed E-state index contributed by atoms with van der Waals surface area (Å²) in [6.07, 6.45) is 1.76. The molecule has 0 spiro atoms. The number of nitrogens with zero attached hydrogens (tertiary/aromatic N) is 1. The van der Waals surface area contributed by atoms with Crippen molar-refractivity contribution in [1.29, 1.82) is 0 Å². The fraction of sp³-hybridized carbons (Fsp3) is 0. The van der Waals surface area contributed by atoms with Crippen molar-refractivity contribution in [3.8, 4) is 5.75 Å². The molecule has 0 unspecified atom stereocenters. The minimum atomic E-state index is 0.296. The molecule has 0 aliphatic heterocycles. The Kier molecular flexibility index (Phi) is 2.90. The molecule has 1 heterocycles. The Bertz CT molecular complexity index is 682. The summed E-state index contributed by atoms with van der Waals surface area (Å²) in [6.45, 7) is 0. The third kappa shape index (κ3) is 2.05. The second kappa shape index (κ2) is 4.70. The minimum Gasteiger partial charge on any atom is -0.507 e. The smallest absolute Gasteiger partial charge is 0.130 e. The maximum Gasteiger partial charge on any atom is 0.130 e. The van der Waals surface area contributed by atoms with Crippen LogP contribution in [-0.2, 0) is 0 Å². The summed E-state index contributed by atoms with van der Waals surface area (Å²) in [7, 11) is 0. The highest BCUT2D eigenvalue weighted by atomic mass is 32.2. The standard InChI is InChI=1S/C15H11NOS/c17-14-9-8-13-12(7-4-10-16-13)15(14)18-11-5-2-1-3-6-11/h1-10,17H. The molecule has 0 radical (unpaired) electrons. The first-order chi connectivity index (χ1) is 8.84. The Labute approximate surface area is 109 Å². The lowest BCUT2D eigenvalue weighted by atomic mass is 10.2. The van der Waals surface area contributed by atoms with Crippen LogP contribution in [0.2, 0.25) is 0 Å². The van der Waals surface area contributed by atoms with Crippen molar-refractivity contribution < 1.29 is 5.11 Å². The van der Waals surface area contributed by atoms with Crippen LogP contribution in [0.3, 0.4) is 0 Å². The Hall–Kier alpha value is -2.00. The normalized spacial score (nSPS) is 10.7. The molecule has 0 aliphatic carbocycles. The maximum absolute atomic E-state index is 10.0. The summed E-state index contributed by atoms with van der Waals surface area (Å²) < 4.78 is 0. The Morgan fingerprint density at radius 3 is 2.56 bits per heavy atom. The second-order valence-corrected chi connectivity index (χ2v) is 4.98. The Balaban J connectivity index is 2.13. The summed E-state index contributed by atoms with van der Waals surface area (Å²) in [5, 5.41) is 11.0. The van der Waals surface area contributed by atoms with Crippen LogP contribution in [0.25, 0.3) is 10.9 Å². The van der Waals surface area contributed by atoms with Gasteiger partial charge < -0.3 is 5.11 Å². The van der Waals surface area contributed by atoms with Crippen molar-refractivity contribution in [2.45, 2.75) is 9.79 Å². The largest absolute Gasteiger partial charge is 0.507 e. The van der Waals surface area contributed by atoms with Gasteiger partial charge in [-0.3, -0.25) is 4.98 Å². The summed E-state index contributed by atoms with van der Waals surface area (Å²) in [5.74, 6) is 0.296. The zero-order valence-corrected chi connectivity index (χ0v) is 10.4. The molecule has 0 amide bonds. The van der Waals surface area contributed by atoms with Crippen molar-refractivity contribution in [2.24, 2.45) is 0 Å². The number of aromatic nitrogens is 1. The van der Waals surface area contributed by atoms with Crippen LogP contribution < -0.4 is 0 Å². The molecule has 3 aromatic rings. The van der Waals surface area contributed by atoms with Gasteiger partial charge in [-0.2, -0.15) is 0 Å². The van der Waals surface area contributed by atoms with E-state index >= 15 is 0 Å². The van der Waals surface area contributed by atoms with Gasteiger partial charge in [0.25, 0.3) is 0 Å². The lowest BCUT2D eigenvalue weighted by Crippen LogP contribution is -1.82. The summed E-state index contributed by atoms with van der Waals surface area (Å²) in [5.41, 5.74) is 0.897. The van der Waals surface area contributed by atoms with E-state index in [0.29, 0.717) is 5.75 Å². The topological polar surface area (TPSA) is 33.1 Å². The first kappa shape index (κ1) is 11.1. The predicted molar refractivity (Wildman–Crippen MR) is 74.0 cm³/mol. The van der Waals surface area contributed by atoms with Gasteiger partial charge in [-0.15, -0.1) is 0 Å². The molecule has 0 bridgehead atoms. The molecule has 2 nitrogen and oxygen atoms in total. The van der Waals surface area contributed by atoms with E-state index in [2.05, 4.69) is 4.98 Å². The highest BCUT2D eigenvalue weighted by molar-refractivity contribution is 7.99. The number of phenols is 1. The number of hydrogen-bond donors (Lipinski definition) is 1. The molecule has 1 aromatic heterocycles. The number of phenolic OH excluding ortho intramolecular Hbond substituents is 1. The fourth-order valence-corrected chi connectivity index (χ4v) is 2.81. The van der Waals surface area contributed by atoms with Crippen molar-refractivity contribution in [3.05, 3.63) is 60.8 Å². The number of fused-ring (bicyclic) bond motifs is 1. The van der Waals surface area contributed by atoms with E-state index in [1.807, 2.05) is 48.5 Å². The van der Waals surface area contributed by atoms with Crippen LogP contribution in [-0.4, -0.2) is 10.1 Å². The van der Waals surface area contributed by atoms with Gasteiger partial charge in [0.2, 0.25) is 0 Å². The quantitative estimate of drug-likeness (QED) is 0.746. The van der Waals surface area contributed by atoms with Crippen LogP contribution in [0.5, 0.6) is 5.75 Å². The summed E-state index contributed by atoms with van der Waals surface area (Å²) >= 11 is 1.55. The molecule has 0 atom stereocenters. The number of benzene rings is 2. The van der Waals surface area contributed by atoms with Crippen molar-refractivity contribution >= 4 is 22.7 Å². The number of aromatic hydroxyl groups is 1. The Morgan fingerprint density at radius 1 is 0.889 bits per heavy atom. The fourth-order valence-electron chi connectivity index (χ4n) is 1.83. The highest BCUT2D eigenvalue weighted by Crippen LogP contribution is 2.38. The highest BCUT2D eigenvalue weighted by Gasteiger charge is 2.08. The molecule has 3 heteroatoms. The van der Waals surface area contributed by atoms with E-state index in [0.717, 1.165) is 20.7 Å². The molecule has 0 saturated carbocycles. The monoisotopic (exact) mass is 253 g/mol. The SMILES string of the molecule is Oc1ccc2ncccc2c1Sc1ccccc1. The van der Waals surface area contributed by atoms with E-state index in [-0.39, 0.29) is 0 Å². The lowest BCUT2D eigenvalue weighted by molar-refractivity contribution is 0.464. The third-order valence-electron chi connectivity index (χ3n) is 2.68. The van der Waals surface area contributed by atoms with Crippen molar-refractivity contribution in [1.82, 2.24) is 4.98 Å². The molecule has 0 aliphatic rings. The average molecular weight is 253 g/mol. The van der Waals surface area contributed by atoms with E-state index < -0.39 is 0 Å². The van der Waals surface area contributed by atoms with Gasteiger partial charge in [0.05, 0.1) is 10.4 Å². The van der Waals surface area contributed by atoms with Crippen LogP contribution in [0, 0.1) is 0 Å². The van der Waals surface area contributed by atoms with Gasteiger partial charge in [0, 0.05) is 16.5 Å². The number of hydrogen-bond acceptors (Lipinski definition) is 3. The molecule has 1 N–H and O–H groups in total. The van der Waals surface area contributed by atoms with Gasteiger partial charge in [0.15, 0.2) is 0 Å². The first-order valence-electron chi connectivity index (χ1n) is 5.64. The molecule has 88 valence electrons. The van der Waals surface area contributed by atoms with Crippen LogP contribution in [0.4, 0.5) is 0 Å². The van der Waals surface area contributed by atoms with Crippen molar-refractivity contribution in [2.75, 3.05) is 0 Å². The molecule has 2 aromatic carbocycles. The van der Waals surface area contributed by atoms with E-state index in [9.17, 15) is 5.11 Å². The van der Waals surface area contributed by atoms with E-state index in [1.54, 1.807) is 24.0 Å². The zero-order valence-electron chi connectivity index (χ0n) is 9.58. The molecular formula is C15H11NOS. The van der Waals surface area contributed by atoms with Crippen LogP contribution >= 0.6 is 11.8 Å².